The van der Waals surface area contributed by atoms with Crippen molar-refractivity contribution in [3.05, 3.63) is 57.6 Å². The molecule has 0 bridgehead atoms. The summed E-state index contributed by atoms with van der Waals surface area (Å²) >= 11 is 3.47. The molecule has 21 heavy (non-hydrogen) atoms. The van der Waals surface area contributed by atoms with Crippen molar-refractivity contribution in [2.24, 2.45) is 0 Å². The Morgan fingerprint density at radius 2 is 2.10 bits per heavy atom. The molecule has 0 saturated carbocycles. The van der Waals surface area contributed by atoms with E-state index in [-0.39, 0.29) is 6.10 Å². The second-order valence-electron chi connectivity index (χ2n) is 5.17. The van der Waals surface area contributed by atoms with Crippen LogP contribution in [-0.2, 0) is 13.0 Å². The third-order valence-corrected chi connectivity index (χ3v) is 4.40. The van der Waals surface area contributed by atoms with Crippen LogP contribution in [0.1, 0.15) is 29.2 Å². The molecule has 1 atom stereocenters. The monoisotopic (exact) mass is 348 g/mol. The van der Waals surface area contributed by atoms with E-state index in [4.69, 9.17) is 9.47 Å². The van der Waals surface area contributed by atoms with Crippen molar-refractivity contribution >= 4 is 15.9 Å². The van der Waals surface area contributed by atoms with Crippen molar-refractivity contribution in [1.29, 1.82) is 0 Å². The fourth-order valence-electron chi connectivity index (χ4n) is 2.63. The molecule has 4 heteroatoms. The van der Waals surface area contributed by atoms with Gasteiger partial charge in [-0.3, -0.25) is 0 Å². The lowest BCUT2D eigenvalue weighted by Gasteiger charge is -2.10. The molecule has 1 aliphatic carbocycles. The second kappa shape index (κ2) is 6.08. The molecule has 2 aromatic carbocycles. The van der Waals surface area contributed by atoms with Crippen molar-refractivity contribution in [3.8, 4) is 11.5 Å². The van der Waals surface area contributed by atoms with Crippen molar-refractivity contribution in [2.75, 3.05) is 7.11 Å². The number of ether oxygens (including phenoxy) is 2. The average molecular weight is 349 g/mol. The molecule has 3 nitrogen and oxygen atoms in total. The van der Waals surface area contributed by atoms with Crippen LogP contribution in [-0.4, -0.2) is 12.2 Å². The van der Waals surface area contributed by atoms with E-state index < -0.39 is 0 Å². The number of benzene rings is 2. The van der Waals surface area contributed by atoms with Crippen LogP contribution in [0.5, 0.6) is 11.5 Å². The summed E-state index contributed by atoms with van der Waals surface area (Å²) in [5, 5.41) is 9.80. The number of aryl methyl sites for hydroxylation is 1. The minimum atomic E-state index is -0.313. The minimum absolute atomic E-state index is 0.313. The zero-order chi connectivity index (χ0) is 14.8. The fraction of sp³-hybridized carbons (Fsp3) is 0.294. The minimum Gasteiger partial charge on any atom is -0.496 e. The van der Waals surface area contributed by atoms with E-state index in [9.17, 15) is 5.11 Å². The number of hydrogen-bond donors (Lipinski definition) is 1. The molecular formula is C17H17BrO3. The Kier molecular flexibility index (Phi) is 4.17. The summed E-state index contributed by atoms with van der Waals surface area (Å²) < 4.78 is 12.0. The van der Waals surface area contributed by atoms with Crippen molar-refractivity contribution in [2.45, 2.75) is 25.6 Å². The SMILES string of the molecule is COc1ccc(COc2ccc3c(c2)CCC3O)cc1Br. The van der Waals surface area contributed by atoms with Crippen molar-refractivity contribution in [3.63, 3.8) is 0 Å². The summed E-state index contributed by atoms with van der Waals surface area (Å²) in [6, 6.07) is 11.8. The van der Waals surface area contributed by atoms with Crippen LogP contribution < -0.4 is 9.47 Å². The Labute approximate surface area is 132 Å². The summed E-state index contributed by atoms with van der Waals surface area (Å²) in [5.41, 5.74) is 3.30. The van der Waals surface area contributed by atoms with E-state index in [0.717, 1.165) is 39.9 Å². The standard InChI is InChI=1S/C17H17BrO3/c1-20-17-7-2-11(8-15(17)18)10-21-13-4-5-14-12(9-13)3-6-16(14)19/h2,4-5,7-9,16,19H,3,6,10H2,1H3. The van der Waals surface area contributed by atoms with Crippen molar-refractivity contribution < 1.29 is 14.6 Å². The second-order valence-corrected chi connectivity index (χ2v) is 6.03. The number of hydrogen-bond acceptors (Lipinski definition) is 3. The first-order valence-corrected chi connectivity index (χ1v) is 7.73. The van der Waals surface area contributed by atoms with Crippen LogP contribution in [0.15, 0.2) is 40.9 Å². The first kappa shape index (κ1) is 14.4. The van der Waals surface area contributed by atoms with Gasteiger partial charge in [-0.1, -0.05) is 12.1 Å². The largest absolute Gasteiger partial charge is 0.496 e. The smallest absolute Gasteiger partial charge is 0.133 e. The molecule has 0 fully saturated rings. The molecule has 0 amide bonds. The van der Waals surface area contributed by atoms with Gasteiger partial charge in [0.05, 0.1) is 17.7 Å². The summed E-state index contributed by atoms with van der Waals surface area (Å²) in [4.78, 5) is 0. The van der Waals surface area contributed by atoms with Crippen LogP contribution in [0, 0.1) is 0 Å². The van der Waals surface area contributed by atoms with Crippen LogP contribution in [0.3, 0.4) is 0 Å². The first-order chi connectivity index (χ1) is 10.2. The fourth-order valence-corrected chi connectivity index (χ4v) is 3.22. The third kappa shape index (κ3) is 3.06. The third-order valence-electron chi connectivity index (χ3n) is 3.78. The van der Waals surface area contributed by atoms with Gasteiger partial charge in [-0.2, -0.15) is 0 Å². The highest BCUT2D eigenvalue weighted by Crippen LogP contribution is 2.33. The first-order valence-electron chi connectivity index (χ1n) is 6.93. The van der Waals surface area contributed by atoms with E-state index in [2.05, 4.69) is 15.9 Å². The molecule has 1 aliphatic rings. The number of halogens is 1. The molecule has 0 spiro atoms. The summed E-state index contributed by atoms with van der Waals surface area (Å²) in [5.74, 6) is 1.65. The summed E-state index contributed by atoms with van der Waals surface area (Å²) in [7, 11) is 1.65. The Bertz CT molecular complexity index is 654. The molecule has 0 heterocycles. The lowest BCUT2D eigenvalue weighted by atomic mass is 10.1. The Balaban J connectivity index is 1.69. The van der Waals surface area contributed by atoms with Gasteiger partial charge in [0, 0.05) is 0 Å². The van der Waals surface area contributed by atoms with Crippen LogP contribution in [0.25, 0.3) is 0 Å². The number of fused-ring (bicyclic) bond motifs is 1. The zero-order valence-corrected chi connectivity index (χ0v) is 13.4. The topological polar surface area (TPSA) is 38.7 Å². The maximum atomic E-state index is 9.80. The highest BCUT2D eigenvalue weighted by Gasteiger charge is 2.20. The molecule has 0 aliphatic heterocycles. The Morgan fingerprint density at radius 3 is 2.86 bits per heavy atom. The van der Waals surface area contributed by atoms with Gasteiger partial charge in [0.1, 0.15) is 18.1 Å². The van der Waals surface area contributed by atoms with Gasteiger partial charge >= 0.3 is 0 Å². The van der Waals surface area contributed by atoms with Crippen LogP contribution in [0.4, 0.5) is 0 Å². The predicted molar refractivity (Wildman–Crippen MR) is 84.7 cm³/mol. The number of methoxy groups -OCH3 is 1. The van der Waals surface area contributed by atoms with Gasteiger partial charge in [0.25, 0.3) is 0 Å². The number of aliphatic hydroxyl groups excluding tert-OH is 1. The molecule has 0 aromatic heterocycles. The Hall–Kier alpha value is -1.52. The van der Waals surface area contributed by atoms with E-state index >= 15 is 0 Å². The highest BCUT2D eigenvalue weighted by atomic mass is 79.9. The van der Waals surface area contributed by atoms with Gasteiger partial charge in [0.2, 0.25) is 0 Å². The molecule has 110 valence electrons. The van der Waals surface area contributed by atoms with Gasteiger partial charge in [-0.25, -0.2) is 0 Å². The molecule has 0 saturated heterocycles. The van der Waals surface area contributed by atoms with Gasteiger partial charge in [-0.15, -0.1) is 0 Å². The number of aliphatic hydroxyl groups is 1. The van der Waals surface area contributed by atoms with E-state index in [0.29, 0.717) is 6.61 Å². The lowest BCUT2D eigenvalue weighted by molar-refractivity contribution is 0.180. The number of rotatable bonds is 4. The molecule has 3 rings (SSSR count). The molecule has 1 unspecified atom stereocenters. The molecule has 0 radical (unpaired) electrons. The maximum absolute atomic E-state index is 9.80. The highest BCUT2D eigenvalue weighted by molar-refractivity contribution is 9.10. The average Bonchev–Trinajstić information content (AvgIpc) is 2.86. The quantitative estimate of drug-likeness (QED) is 0.906. The van der Waals surface area contributed by atoms with Crippen LogP contribution >= 0.6 is 15.9 Å². The summed E-state index contributed by atoms with van der Waals surface area (Å²) in [6.45, 7) is 0.504. The predicted octanol–water partition coefficient (Wildman–Crippen LogP) is 4.02. The lowest BCUT2D eigenvalue weighted by Crippen LogP contribution is -1.97. The molecule has 1 N–H and O–H groups in total. The van der Waals surface area contributed by atoms with Gasteiger partial charge in [0.15, 0.2) is 0 Å². The van der Waals surface area contributed by atoms with E-state index in [1.54, 1.807) is 7.11 Å². The molecular weight excluding hydrogens is 332 g/mol. The summed E-state index contributed by atoms with van der Waals surface area (Å²) in [6.07, 6.45) is 1.41. The van der Waals surface area contributed by atoms with Gasteiger partial charge in [-0.05, 0) is 69.7 Å². The molecule has 2 aromatic rings. The van der Waals surface area contributed by atoms with Gasteiger partial charge < -0.3 is 14.6 Å². The van der Waals surface area contributed by atoms with Crippen molar-refractivity contribution in [1.82, 2.24) is 0 Å². The normalized spacial score (nSPS) is 16.6. The zero-order valence-electron chi connectivity index (χ0n) is 11.8. The van der Waals surface area contributed by atoms with E-state index in [1.807, 2.05) is 36.4 Å². The van der Waals surface area contributed by atoms with Crippen LogP contribution in [0.2, 0.25) is 0 Å². The Morgan fingerprint density at radius 1 is 1.24 bits per heavy atom. The van der Waals surface area contributed by atoms with E-state index in [1.165, 1.54) is 5.56 Å². The maximum Gasteiger partial charge on any atom is 0.133 e.